The highest BCUT2D eigenvalue weighted by atomic mass is 32.1. The Bertz CT molecular complexity index is 529. The van der Waals surface area contributed by atoms with Gasteiger partial charge in [0.05, 0.1) is 11.6 Å². The fourth-order valence-electron chi connectivity index (χ4n) is 1.56. The molecule has 0 aliphatic rings. The molecule has 0 atom stereocenters. The van der Waals surface area contributed by atoms with Gasteiger partial charge in [0.1, 0.15) is 5.82 Å². The molecule has 0 unspecified atom stereocenters. The molecule has 17 heavy (non-hydrogen) atoms. The van der Waals surface area contributed by atoms with Crippen LogP contribution in [0.2, 0.25) is 0 Å². The van der Waals surface area contributed by atoms with Gasteiger partial charge in [-0.15, -0.1) is 0 Å². The average molecular weight is 246 g/mol. The largest absolute Gasteiger partial charge is 0.309 e. The van der Waals surface area contributed by atoms with Crippen LogP contribution in [0.4, 0.5) is 4.39 Å². The Balaban J connectivity index is 1.95. The van der Waals surface area contributed by atoms with Crippen LogP contribution in [0.1, 0.15) is 16.7 Å². The summed E-state index contributed by atoms with van der Waals surface area (Å²) in [4.78, 5) is 0. The van der Waals surface area contributed by atoms with Gasteiger partial charge in [-0.25, -0.2) is 4.39 Å². The molecule has 0 saturated heterocycles. The van der Waals surface area contributed by atoms with E-state index in [0.29, 0.717) is 12.1 Å². The number of hydrogen-bond donors (Lipinski definition) is 1. The second-order valence-corrected chi connectivity index (χ2v) is 4.48. The Morgan fingerprint density at radius 3 is 2.76 bits per heavy atom. The molecule has 0 aliphatic heterocycles. The molecular formula is C13H11FN2S. The maximum atomic E-state index is 13.1. The lowest BCUT2D eigenvalue weighted by Crippen LogP contribution is -2.12. The summed E-state index contributed by atoms with van der Waals surface area (Å²) < 4.78 is 13.1. The first-order valence-corrected chi connectivity index (χ1v) is 6.13. The number of rotatable bonds is 4. The number of nitriles is 1. The Hall–Kier alpha value is -1.70. The molecule has 4 heteroatoms. The SMILES string of the molecule is N#Cc1cc(F)cc(CNCc2ccsc2)c1. The van der Waals surface area contributed by atoms with E-state index < -0.39 is 0 Å². The second kappa shape index (κ2) is 5.58. The van der Waals surface area contributed by atoms with Crippen molar-refractivity contribution in [1.29, 1.82) is 5.26 Å². The molecule has 0 bridgehead atoms. The minimum Gasteiger partial charge on any atom is -0.309 e. The predicted molar refractivity (Wildman–Crippen MR) is 66.0 cm³/mol. The van der Waals surface area contributed by atoms with Crippen LogP contribution >= 0.6 is 11.3 Å². The van der Waals surface area contributed by atoms with Crippen molar-refractivity contribution >= 4 is 11.3 Å². The molecule has 1 heterocycles. The lowest BCUT2D eigenvalue weighted by molar-refractivity contribution is 0.619. The summed E-state index contributed by atoms with van der Waals surface area (Å²) in [5.74, 6) is -0.364. The van der Waals surface area contributed by atoms with Crippen molar-refractivity contribution < 1.29 is 4.39 Å². The van der Waals surface area contributed by atoms with Gasteiger partial charge in [-0.2, -0.15) is 16.6 Å². The van der Waals surface area contributed by atoms with Crippen LogP contribution in [0, 0.1) is 17.1 Å². The van der Waals surface area contributed by atoms with E-state index in [9.17, 15) is 4.39 Å². The van der Waals surface area contributed by atoms with Crippen molar-refractivity contribution in [3.05, 3.63) is 57.5 Å². The normalized spacial score (nSPS) is 10.1. The van der Waals surface area contributed by atoms with E-state index in [0.717, 1.165) is 12.1 Å². The molecule has 0 amide bonds. The summed E-state index contributed by atoms with van der Waals surface area (Å²) >= 11 is 1.65. The first kappa shape index (κ1) is 11.8. The van der Waals surface area contributed by atoms with Crippen molar-refractivity contribution in [2.45, 2.75) is 13.1 Å². The molecule has 86 valence electrons. The minimum atomic E-state index is -0.364. The fraction of sp³-hybridized carbons (Fsp3) is 0.154. The summed E-state index contributed by atoms with van der Waals surface area (Å²) in [6.45, 7) is 1.31. The summed E-state index contributed by atoms with van der Waals surface area (Å²) in [7, 11) is 0. The van der Waals surface area contributed by atoms with Crippen molar-refractivity contribution in [2.24, 2.45) is 0 Å². The van der Waals surface area contributed by atoms with E-state index in [1.54, 1.807) is 17.4 Å². The van der Waals surface area contributed by atoms with Gasteiger partial charge in [-0.05, 0) is 46.2 Å². The van der Waals surface area contributed by atoms with Gasteiger partial charge in [0.25, 0.3) is 0 Å². The molecule has 0 saturated carbocycles. The molecule has 2 nitrogen and oxygen atoms in total. The lowest BCUT2D eigenvalue weighted by atomic mass is 10.1. The first-order chi connectivity index (χ1) is 8.28. The summed E-state index contributed by atoms with van der Waals surface area (Å²) in [6.07, 6.45) is 0. The monoisotopic (exact) mass is 246 g/mol. The third-order valence-corrected chi connectivity index (χ3v) is 3.06. The lowest BCUT2D eigenvalue weighted by Gasteiger charge is -2.04. The Kier molecular flexibility index (Phi) is 3.86. The Morgan fingerprint density at radius 2 is 2.06 bits per heavy atom. The number of thiophene rings is 1. The first-order valence-electron chi connectivity index (χ1n) is 5.19. The number of hydrogen-bond acceptors (Lipinski definition) is 3. The van der Waals surface area contributed by atoms with Crippen LogP contribution in [0.25, 0.3) is 0 Å². The summed E-state index contributed by atoms with van der Waals surface area (Å²) in [6, 6.07) is 8.37. The van der Waals surface area contributed by atoms with E-state index in [1.165, 1.54) is 17.7 Å². The zero-order valence-electron chi connectivity index (χ0n) is 9.11. The van der Waals surface area contributed by atoms with Crippen molar-refractivity contribution in [3.63, 3.8) is 0 Å². The highest BCUT2D eigenvalue weighted by Crippen LogP contribution is 2.09. The predicted octanol–water partition coefficient (Wildman–Crippen LogP) is 3.05. The van der Waals surface area contributed by atoms with E-state index in [-0.39, 0.29) is 5.82 Å². The summed E-state index contributed by atoms with van der Waals surface area (Å²) in [5.41, 5.74) is 2.36. The van der Waals surface area contributed by atoms with E-state index in [2.05, 4.69) is 10.7 Å². The van der Waals surface area contributed by atoms with Crippen LogP contribution in [0.5, 0.6) is 0 Å². The zero-order valence-corrected chi connectivity index (χ0v) is 9.93. The molecule has 1 aromatic heterocycles. The maximum absolute atomic E-state index is 13.1. The Morgan fingerprint density at radius 1 is 1.24 bits per heavy atom. The van der Waals surface area contributed by atoms with Crippen LogP contribution < -0.4 is 5.32 Å². The molecular weight excluding hydrogens is 235 g/mol. The van der Waals surface area contributed by atoms with Crippen LogP contribution in [0.15, 0.2) is 35.0 Å². The van der Waals surface area contributed by atoms with Gasteiger partial charge >= 0.3 is 0 Å². The molecule has 1 N–H and O–H groups in total. The van der Waals surface area contributed by atoms with Gasteiger partial charge in [-0.3, -0.25) is 0 Å². The average Bonchev–Trinajstić information content (AvgIpc) is 2.81. The third kappa shape index (κ3) is 3.38. The van der Waals surface area contributed by atoms with Crippen LogP contribution in [-0.2, 0) is 13.1 Å². The van der Waals surface area contributed by atoms with Crippen LogP contribution in [-0.4, -0.2) is 0 Å². The van der Waals surface area contributed by atoms with E-state index in [4.69, 9.17) is 5.26 Å². The van der Waals surface area contributed by atoms with Crippen molar-refractivity contribution in [3.8, 4) is 6.07 Å². The number of halogens is 1. The molecule has 0 fully saturated rings. The standard InChI is InChI=1S/C13H11FN2S/c14-13-4-11(6-15)3-12(5-13)8-16-7-10-1-2-17-9-10/h1-5,9,16H,7-8H2. The zero-order chi connectivity index (χ0) is 12.1. The van der Waals surface area contributed by atoms with E-state index >= 15 is 0 Å². The fourth-order valence-corrected chi connectivity index (χ4v) is 2.23. The van der Waals surface area contributed by atoms with Gasteiger partial charge in [-0.1, -0.05) is 0 Å². The van der Waals surface area contributed by atoms with Gasteiger partial charge in [0.15, 0.2) is 0 Å². The molecule has 0 radical (unpaired) electrons. The highest BCUT2D eigenvalue weighted by molar-refractivity contribution is 7.07. The third-order valence-electron chi connectivity index (χ3n) is 2.33. The van der Waals surface area contributed by atoms with Gasteiger partial charge < -0.3 is 5.32 Å². The van der Waals surface area contributed by atoms with E-state index in [1.807, 2.05) is 17.5 Å². The second-order valence-electron chi connectivity index (χ2n) is 3.70. The molecule has 1 aromatic carbocycles. The highest BCUT2D eigenvalue weighted by Gasteiger charge is 2.00. The molecule has 0 aliphatic carbocycles. The topological polar surface area (TPSA) is 35.8 Å². The van der Waals surface area contributed by atoms with Gasteiger partial charge in [0, 0.05) is 13.1 Å². The molecule has 0 spiro atoms. The van der Waals surface area contributed by atoms with Crippen LogP contribution in [0.3, 0.4) is 0 Å². The minimum absolute atomic E-state index is 0.359. The Labute approximate surface area is 103 Å². The number of nitrogens with zero attached hydrogens (tertiary/aromatic N) is 1. The number of benzene rings is 1. The molecule has 2 aromatic rings. The molecule has 2 rings (SSSR count). The van der Waals surface area contributed by atoms with Crippen molar-refractivity contribution in [2.75, 3.05) is 0 Å². The maximum Gasteiger partial charge on any atom is 0.124 e. The number of nitrogens with one attached hydrogen (secondary N) is 1. The van der Waals surface area contributed by atoms with Gasteiger partial charge in [0.2, 0.25) is 0 Å². The quantitative estimate of drug-likeness (QED) is 0.900. The summed E-state index contributed by atoms with van der Waals surface area (Å²) in [5, 5.41) is 16.0. The van der Waals surface area contributed by atoms with Crippen molar-refractivity contribution in [1.82, 2.24) is 5.32 Å². The smallest absolute Gasteiger partial charge is 0.124 e.